The maximum absolute atomic E-state index is 12.1. The van der Waals surface area contributed by atoms with Crippen LogP contribution in [0.5, 0.6) is 0 Å². The number of ether oxygens (including phenoxy) is 1. The summed E-state index contributed by atoms with van der Waals surface area (Å²) < 4.78 is 28.3. The number of alkyl halides is 2. The van der Waals surface area contributed by atoms with E-state index in [1.54, 1.807) is 0 Å². The maximum atomic E-state index is 12.1. The number of nitrogens with one attached hydrogen (secondary N) is 2. The van der Waals surface area contributed by atoms with Gasteiger partial charge in [-0.3, -0.25) is 4.79 Å². The summed E-state index contributed by atoms with van der Waals surface area (Å²) in [6.45, 7) is 3.48. The fourth-order valence-electron chi connectivity index (χ4n) is 2.22. The first-order valence-corrected chi connectivity index (χ1v) is 6.45. The van der Waals surface area contributed by atoms with Gasteiger partial charge in [-0.05, 0) is 25.8 Å². The van der Waals surface area contributed by atoms with E-state index < -0.39 is 13.0 Å². The molecule has 2 N–H and O–H groups in total. The normalized spacial score (nSPS) is 24.2. The van der Waals surface area contributed by atoms with Crippen LogP contribution in [-0.4, -0.2) is 45.2 Å². The van der Waals surface area contributed by atoms with Crippen LogP contribution in [0.1, 0.15) is 26.2 Å². The molecule has 1 atom stereocenters. The van der Waals surface area contributed by atoms with Gasteiger partial charge in [0.25, 0.3) is 6.43 Å². The van der Waals surface area contributed by atoms with Gasteiger partial charge in [0.15, 0.2) is 0 Å². The lowest BCUT2D eigenvalue weighted by Crippen LogP contribution is -2.50. The molecule has 0 bridgehead atoms. The van der Waals surface area contributed by atoms with Crippen molar-refractivity contribution in [2.45, 2.75) is 32.6 Å². The highest BCUT2D eigenvalue weighted by molar-refractivity contribution is 5.83. The smallest absolute Gasteiger partial charge is 0.261 e. The fraction of sp³-hybridized carbons (Fsp3) is 0.917. The van der Waals surface area contributed by atoms with Gasteiger partial charge in [-0.15, -0.1) is 0 Å². The van der Waals surface area contributed by atoms with Gasteiger partial charge < -0.3 is 15.4 Å². The largest absolute Gasteiger partial charge is 0.374 e. The number of amides is 1. The monoisotopic (exact) mass is 264 g/mol. The fourth-order valence-corrected chi connectivity index (χ4v) is 2.22. The average molecular weight is 264 g/mol. The van der Waals surface area contributed by atoms with Crippen molar-refractivity contribution in [3.05, 3.63) is 0 Å². The summed E-state index contributed by atoms with van der Waals surface area (Å²) in [6.07, 6.45) is 0.192. The molecule has 1 fully saturated rings. The van der Waals surface area contributed by atoms with Crippen molar-refractivity contribution in [2.24, 2.45) is 5.41 Å². The summed E-state index contributed by atoms with van der Waals surface area (Å²) >= 11 is 0. The van der Waals surface area contributed by atoms with Gasteiger partial charge in [0.2, 0.25) is 5.91 Å². The van der Waals surface area contributed by atoms with Crippen LogP contribution in [0, 0.1) is 5.41 Å². The topological polar surface area (TPSA) is 50.4 Å². The molecule has 0 saturated carbocycles. The number of carbonyl (C=O) groups is 1. The Morgan fingerprint density at radius 1 is 1.56 bits per heavy atom. The van der Waals surface area contributed by atoms with Gasteiger partial charge in [-0.25, -0.2) is 8.78 Å². The predicted octanol–water partition coefficient (Wildman–Crippen LogP) is 1.16. The molecule has 0 aliphatic carbocycles. The summed E-state index contributed by atoms with van der Waals surface area (Å²) in [6, 6.07) is 0. The lowest BCUT2D eigenvalue weighted by atomic mass is 9.77. The van der Waals surface area contributed by atoms with Crippen LogP contribution in [0.2, 0.25) is 0 Å². The standard InChI is InChI=1S/C12H22F2N2O2/c1-2-12(4-3-5-15-9-12)11(17)16-6-7-18-8-10(13)14/h10,15H,2-9H2,1H3,(H,16,17). The van der Waals surface area contributed by atoms with E-state index in [1.165, 1.54) is 0 Å². The van der Waals surface area contributed by atoms with Crippen LogP contribution in [0.3, 0.4) is 0 Å². The molecule has 1 unspecified atom stereocenters. The number of halogens is 2. The summed E-state index contributed by atoms with van der Waals surface area (Å²) in [5.74, 6) is -0.00199. The molecule has 106 valence electrons. The molecular weight excluding hydrogens is 242 g/mol. The molecule has 1 amide bonds. The molecule has 6 heteroatoms. The van der Waals surface area contributed by atoms with E-state index in [4.69, 9.17) is 4.74 Å². The first-order chi connectivity index (χ1) is 8.60. The minimum atomic E-state index is -2.45. The van der Waals surface area contributed by atoms with Gasteiger partial charge in [0, 0.05) is 13.1 Å². The minimum Gasteiger partial charge on any atom is -0.374 e. The lowest BCUT2D eigenvalue weighted by molar-refractivity contribution is -0.132. The summed E-state index contributed by atoms with van der Waals surface area (Å²) in [4.78, 5) is 12.1. The third-order valence-corrected chi connectivity index (χ3v) is 3.41. The minimum absolute atomic E-state index is 0.00199. The highest BCUT2D eigenvalue weighted by atomic mass is 19.3. The molecule has 0 radical (unpaired) electrons. The number of hydrogen-bond acceptors (Lipinski definition) is 3. The van der Waals surface area contributed by atoms with Crippen LogP contribution in [0.25, 0.3) is 0 Å². The lowest BCUT2D eigenvalue weighted by Gasteiger charge is -2.35. The predicted molar refractivity (Wildman–Crippen MR) is 64.7 cm³/mol. The van der Waals surface area contributed by atoms with Crippen molar-refractivity contribution in [1.29, 1.82) is 0 Å². The Morgan fingerprint density at radius 2 is 2.33 bits per heavy atom. The van der Waals surface area contributed by atoms with Crippen molar-refractivity contribution in [3.8, 4) is 0 Å². The molecule has 1 saturated heterocycles. The third-order valence-electron chi connectivity index (χ3n) is 3.41. The zero-order valence-electron chi connectivity index (χ0n) is 10.8. The molecule has 0 spiro atoms. The van der Waals surface area contributed by atoms with Crippen molar-refractivity contribution in [1.82, 2.24) is 10.6 Å². The summed E-state index contributed by atoms with van der Waals surface area (Å²) in [5.41, 5.74) is -0.346. The molecule has 0 aromatic heterocycles. The van der Waals surface area contributed by atoms with Crippen LogP contribution < -0.4 is 10.6 Å². The zero-order valence-corrected chi connectivity index (χ0v) is 10.8. The average Bonchev–Trinajstić information content (AvgIpc) is 2.38. The quantitative estimate of drug-likeness (QED) is 0.679. The van der Waals surface area contributed by atoms with E-state index in [0.29, 0.717) is 6.54 Å². The molecule has 0 aromatic rings. The highest BCUT2D eigenvalue weighted by Crippen LogP contribution is 2.29. The third kappa shape index (κ3) is 4.49. The summed E-state index contributed by atoms with van der Waals surface area (Å²) in [5, 5.41) is 6.00. The second-order valence-electron chi connectivity index (χ2n) is 4.64. The first kappa shape index (κ1) is 15.3. The van der Waals surface area contributed by atoms with E-state index in [9.17, 15) is 13.6 Å². The van der Waals surface area contributed by atoms with Crippen LogP contribution in [-0.2, 0) is 9.53 Å². The Bertz CT molecular complexity index is 256. The number of rotatable bonds is 7. The molecular formula is C12H22F2N2O2. The van der Waals surface area contributed by atoms with Crippen LogP contribution in [0.15, 0.2) is 0 Å². The SMILES string of the molecule is CCC1(C(=O)NCCOCC(F)F)CCCNC1. The van der Waals surface area contributed by atoms with Gasteiger partial charge >= 0.3 is 0 Å². The van der Waals surface area contributed by atoms with E-state index in [0.717, 1.165) is 25.8 Å². The number of carbonyl (C=O) groups excluding carboxylic acids is 1. The van der Waals surface area contributed by atoms with Gasteiger partial charge in [0.05, 0.1) is 12.0 Å². The van der Waals surface area contributed by atoms with Crippen molar-refractivity contribution >= 4 is 5.91 Å². The van der Waals surface area contributed by atoms with E-state index in [1.807, 2.05) is 6.92 Å². The number of piperidine rings is 1. The van der Waals surface area contributed by atoms with Crippen molar-refractivity contribution in [3.63, 3.8) is 0 Å². The molecule has 1 rings (SSSR count). The second-order valence-corrected chi connectivity index (χ2v) is 4.64. The Labute approximate surface area is 106 Å². The molecule has 1 aliphatic rings. The molecule has 1 heterocycles. The van der Waals surface area contributed by atoms with Gasteiger partial charge in [-0.1, -0.05) is 6.92 Å². The Morgan fingerprint density at radius 3 is 2.89 bits per heavy atom. The van der Waals surface area contributed by atoms with Gasteiger partial charge in [-0.2, -0.15) is 0 Å². The van der Waals surface area contributed by atoms with Crippen LogP contribution >= 0.6 is 0 Å². The number of hydrogen-bond donors (Lipinski definition) is 2. The molecule has 4 nitrogen and oxygen atoms in total. The zero-order chi connectivity index (χ0) is 13.4. The Kier molecular flexibility index (Phi) is 6.49. The first-order valence-electron chi connectivity index (χ1n) is 6.45. The molecule has 0 aromatic carbocycles. The van der Waals surface area contributed by atoms with E-state index >= 15 is 0 Å². The van der Waals surface area contributed by atoms with Crippen molar-refractivity contribution in [2.75, 3.05) is 32.8 Å². The highest BCUT2D eigenvalue weighted by Gasteiger charge is 2.37. The Hall–Kier alpha value is -0.750. The van der Waals surface area contributed by atoms with E-state index in [2.05, 4.69) is 10.6 Å². The Balaban J connectivity index is 2.25. The van der Waals surface area contributed by atoms with Gasteiger partial charge in [0.1, 0.15) is 6.61 Å². The maximum Gasteiger partial charge on any atom is 0.261 e. The van der Waals surface area contributed by atoms with Crippen LogP contribution in [0.4, 0.5) is 8.78 Å². The second kappa shape index (κ2) is 7.63. The molecule has 1 aliphatic heterocycles. The van der Waals surface area contributed by atoms with E-state index in [-0.39, 0.29) is 24.5 Å². The molecule has 18 heavy (non-hydrogen) atoms. The van der Waals surface area contributed by atoms with Crippen molar-refractivity contribution < 1.29 is 18.3 Å². The summed E-state index contributed by atoms with van der Waals surface area (Å²) in [7, 11) is 0.